The molecular weight excluding hydrogens is 478 g/mol. The molecule has 2 aromatic rings. The lowest BCUT2D eigenvalue weighted by Gasteiger charge is -2.25. The van der Waals surface area contributed by atoms with E-state index in [0.717, 1.165) is 6.07 Å². The van der Waals surface area contributed by atoms with Gasteiger partial charge in [-0.2, -0.15) is 18.3 Å². The Morgan fingerprint density at radius 1 is 1.32 bits per heavy atom. The number of nitrogens with one attached hydrogen (secondary N) is 2. The van der Waals surface area contributed by atoms with Crippen molar-refractivity contribution in [2.75, 3.05) is 17.6 Å². The van der Waals surface area contributed by atoms with E-state index in [1.807, 2.05) is 0 Å². The number of alkyl halides is 3. The molecule has 0 radical (unpaired) electrons. The van der Waals surface area contributed by atoms with Crippen molar-refractivity contribution in [2.24, 2.45) is 18.9 Å². The zero-order valence-electron chi connectivity index (χ0n) is 18.3. The monoisotopic (exact) mass is 501 g/mol. The molecule has 1 aromatic heterocycles. The normalized spacial score (nSPS) is 30.8. The fourth-order valence-corrected chi connectivity index (χ4v) is 6.03. The summed E-state index contributed by atoms with van der Waals surface area (Å²) in [7, 11) is 1.64. The summed E-state index contributed by atoms with van der Waals surface area (Å²) >= 11 is 5.81. The summed E-state index contributed by atoms with van der Waals surface area (Å²) in [6.45, 7) is 0.180. The third kappa shape index (κ3) is 4.03. The van der Waals surface area contributed by atoms with Gasteiger partial charge in [0, 0.05) is 25.2 Å². The first-order chi connectivity index (χ1) is 16.0. The van der Waals surface area contributed by atoms with Gasteiger partial charge in [0.25, 0.3) is 5.91 Å². The fourth-order valence-electron chi connectivity index (χ4n) is 5.85. The van der Waals surface area contributed by atoms with Crippen LogP contribution in [-0.4, -0.2) is 40.2 Å². The number of carbonyl (C=O) groups is 1. The van der Waals surface area contributed by atoms with Crippen molar-refractivity contribution in [1.29, 1.82) is 0 Å². The molecule has 2 heterocycles. The van der Waals surface area contributed by atoms with Gasteiger partial charge >= 0.3 is 6.18 Å². The molecule has 5 rings (SSSR count). The van der Waals surface area contributed by atoms with E-state index in [0.29, 0.717) is 37.1 Å². The highest BCUT2D eigenvalue weighted by atomic mass is 35.5. The first-order valence-electron chi connectivity index (χ1n) is 11.0. The predicted molar refractivity (Wildman–Crippen MR) is 117 cm³/mol. The average molecular weight is 502 g/mol. The molecule has 1 spiro atoms. The Morgan fingerprint density at radius 2 is 2.00 bits per heavy atom. The second-order valence-corrected chi connectivity index (χ2v) is 9.96. The zero-order chi connectivity index (χ0) is 24.4. The van der Waals surface area contributed by atoms with Crippen molar-refractivity contribution in [1.82, 2.24) is 15.1 Å². The van der Waals surface area contributed by atoms with E-state index in [1.165, 1.54) is 16.8 Å². The van der Waals surface area contributed by atoms with E-state index < -0.39 is 29.7 Å². The molecule has 12 heteroatoms. The van der Waals surface area contributed by atoms with Crippen LogP contribution in [0.2, 0.25) is 5.02 Å². The number of nitrogens with two attached hydrogens (primary N) is 1. The van der Waals surface area contributed by atoms with Crippen LogP contribution >= 0.6 is 11.6 Å². The number of nitrogens with zero attached hydrogens (tertiary/aromatic N) is 2. The van der Waals surface area contributed by atoms with Gasteiger partial charge in [0.1, 0.15) is 17.2 Å². The Balaban J connectivity index is 1.31. The van der Waals surface area contributed by atoms with E-state index in [2.05, 4.69) is 15.7 Å². The number of hydrogen-bond donors (Lipinski definition) is 3. The fraction of sp³-hybridized carbons (Fsp3) is 0.545. The van der Waals surface area contributed by atoms with Gasteiger partial charge in [0.15, 0.2) is 0 Å². The first kappa shape index (κ1) is 23.4. The molecule has 3 atom stereocenters. The van der Waals surface area contributed by atoms with E-state index in [9.17, 15) is 22.4 Å². The highest BCUT2D eigenvalue weighted by Crippen LogP contribution is 2.56. The van der Waals surface area contributed by atoms with Crippen LogP contribution in [0.15, 0.2) is 18.2 Å². The smallest absolute Gasteiger partial charge is 0.383 e. The van der Waals surface area contributed by atoms with Crippen LogP contribution in [0.1, 0.15) is 47.7 Å². The van der Waals surface area contributed by atoms with Gasteiger partial charge in [-0.3, -0.25) is 14.8 Å². The number of ether oxygens (including phenoxy) is 1. The average Bonchev–Trinajstić information content (AvgIpc) is 3.48. The van der Waals surface area contributed by atoms with Crippen molar-refractivity contribution in [3.8, 4) is 0 Å². The van der Waals surface area contributed by atoms with Gasteiger partial charge in [-0.05, 0) is 55.7 Å². The molecule has 3 fully saturated rings. The maximum atomic E-state index is 13.5. The molecule has 7 nitrogen and oxygen atoms in total. The molecule has 1 saturated heterocycles. The molecular formula is C22H24ClF4N5O2. The Bertz CT molecular complexity index is 1120. The molecule has 3 aliphatic rings. The van der Waals surface area contributed by atoms with Crippen LogP contribution in [0.3, 0.4) is 0 Å². The summed E-state index contributed by atoms with van der Waals surface area (Å²) in [4.78, 5) is 13.1. The van der Waals surface area contributed by atoms with Crippen molar-refractivity contribution < 1.29 is 27.1 Å². The number of amides is 1. The molecule has 0 bridgehead atoms. The van der Waals surface area contributed by atoms with Crippen molar-refractivity contribution in [3.05, 3.63) is 40.3 Å². The highest BCUT2D eigenvalue weighted by molar-refractivity contribution is 6.31. The Hall–Kier alpha value is -2.37. The van der Waals surface area contributed by atoms with Crippen LogP contribution in [0.5, 0.6) is 0 Å². The number of anilines is 2. The summed E-state index contributed by atoms with van der Waals surface area (Å²) in [6.07, 6.45) is -3.92. The first-order valence-corrected chi connectivity index (χ1v) is 11.4. The number of nitrogen functional groups attached to an aromatic ring is 1. The van der Waals surface area contributed by atoms with Gasteiger partial charge in [-0.1, -0.05) is 11.6 Å². The largest absolute Gasteiger partial charge is 0.428 e. The van der Waals surface area contributed by atoms with E-state index >= 15 is 0 Å². The van der Waals surface area contributed by atoms with Gasteiger partial charge in [0.2, 0.25) is 6.23 Å². The third-order valence-electron chi connectivity index (χ3n) is 7.29. The Labute approximate surface area is 198 Å². The van der Waals surface area contributed by atoms with E-state index in [4.69, 9.17) is 22.1 Å². The standard InChI is InChI=1S/C22H24ClF4N5O2/c1-32-18(28)16(19(33)30-13-2-3-15(24)14(23)6-13)17(31-32)10-4-11-7-21(8-12(11)5-10)9-29-20(34-21)22(25,26)27/h2-3,6,10-12,20,29H,4-5,7-9,28H2,1H3,(H,30,33). The quantitative estimate of drug-likeness (QED) is 0.548. The van der Waals surface area contributed by atoms with E-state index in [1.54, 1.807) is 7.05 Å². The summed E-state index contributed by atoms with van der Waals surface area (Å²) in [5.74, 6) is -0.581. The molecule has 2 aliphatic carbocycles. The van der Waals surface area contributed by atoms with Gasteiger partial charge in [0.05, 0.1) is 16.3 Å². The molecule has 1 amide bonds. The number of rotatable bonds is 3. The number of aryl methyl sites for hydroxylation is 1. The van der Waals surface area contributed by atoms with E-state index in [-0.39, 0.29) is 40.7 Å². The number of aromatic nitrogens is 2. The van der Waals surface area contributed by atoms with Crippen LogP contribution < -0.4 is 16.4 Å². The van der Waals surface area contributed by atoms with Gasteiger partial charge in [-0.15, -0.1) is 0 Å². The maximum Gasteiger partial charge on any atom is 0.428 e. The summed E-state index contributed by atoms with van der Waals surface area (Å²) in [6, 6.07) is 3.86. The van der Waals surface area contributed by atoms with Crippen LogP contribution in [0.4, 0.5) is 29.1 Å². The Morgan fingerprint density at radius 3 is 2.59 bits per heavy atom. The lowest BCUT2D eigenvalue weighted by Crippen LogP contribution is -2.38. The minimum Gasteiger partial charge on any atom is -0.383 e. The van der Waals surface area contributed by atoms with Crippen molar-refractivity contribution in [2.45, 2.75) is 49.6 Å². The third-order valence-corrected chi connectivity index (χ3v) is 7.58. The molecule has 3 unspecified atom stereocenters. The predicted octanol–water partition coefficient (Wildman–Crippen LogP) is 4.20. The summed E-state index contributed by atoms with van der Waals surface area (Å²) in [5, 5.41) is 9.54. The molecule has 34 heavy (non-hydrogen) atoms. The van der Waals surface area contributed by atoms with Crippen LogP contribution in [0, 0.1) is 17.7 Å². The lowest BCUT2D eigenvalue weighted by atomic mass is 9.91. The summed E-state index contributed by atoms with van der Waals surface area (Å²) in [5.41, 5.74) is 6.50. The zero-order valence-corrected chi connectivity index (χ0v) is 19.0. The van der Waals surface area contributed by atoms with Crippen molar-refractivity contribution >= 4 is 29.0 Å². The van der Waals surface area contributed by atoms with Gasteiger partial charge in [-0.25, -0.2) is 4.39 Å². The topological polar surface area (TPSA) is 94.2 Å². The minimum absolute atomic E-state index is 0.0545. The lowest BCUT2D eigenvalue weighted by molar-refractivity contribution is -0.233. The molecule has 1 aliphatic heterocycles. The molecule has 4 N–H and O–H groups in total. The maximum absolute atomic E-state index is 13.5. The summed E-state index contributed by atoms with van der Waals surface area (Å²) < 4.78 is 59.5. The number of halogens is 5. The van der Waals surface area contributed by atoms with Gasteiger partial charge < -0.3 is 15.8 Å². The second-order valence-electron chi connectivity index (χ2n) is 9.55. The number of hydrogen-bond acceptors (Lipinski definition) is 5. The van der Waals surface area contributed by atoms with Crippen LogP contribution in [-0.2, 0) is 11.8 Å². The highest BCUT2D eigenvalue weighted by Gasteiger charge is 2.58. The molecule has 2 saturated carbocycles. The SMILES string of the molecule is Cn1nc(C2CC3CC4(CNC(C(F)(F)F)O4)CC3C2)c(C(=O)Nc2ccc(F)c(Cl)c2)c1N. The number of fused-ring (bicyclic) bond motifs is 1. The second kappa shape index (κ2) is 8.10. The van der Waals surface area contributed by atoms with Crippen LogP contribution in [0.25, 0.3) is 0 Å². The molecule has 184 valence electrons. The molecule has 1 aromatic carbocycles. The number of benzene rings is 1. The number of carbonyl (C=O) groups excluding carboxylic acids is 1. The minimum atomic E-state index is -4.44. The Kier molecular flexibility index (Phi) is 5.57. The van der Waals surface area contributed by atoms with Crippen molar-refractivity contribution in [3.63, 3.8) is 0 Å².